The molecule has 1 aliphatic heterocycles. The number of allylic oxidation sites excluding steroid dienone is 16. The second-order valence-corrected chi connectivity index (χ2v) is 20.9. The molecule has 1 aliphatic rings. The smallest absolute Gasteiger partial charge is 0.335 e. The Morgan fingerprint density at radius 2 is 0.823 bits per heavy atom. The summed E-state index contributed by atoms with van der Waals surface area (Å²) in [6.45, 7) is 5.71. The number of aliphatic hydroxyl groups is 2. The van der Waals surface area contributed by atoms with E-state index in [4.69, 9.17) is 23.7 Å². The molecule has 0 aliphatic carbocycles. The first-order chi connectivity index (χ1) is 38.6. The monoisotopic (exact) mass is 1110 g/mol. The fourth-order valence-corrected chi connectivity index (χ4v) is 8.96. The lowest BCUT2D eigenvalue weighted by molar-refractivity contribution is -0.301. The Bertz CT molecular complexity index is 1740. The van der Waals surface area contributed by atoms with E-state index in [1.807, 2.05) is 12.2 Å². The minimum atomic E-state index is -1.93. The van der Waals surface area contributed by atoms with Crippen molar-refractivity contribution in [2.45, 2.75) is 289 Å². The quantitative estimate of drug-likeness (QED) is 0.0228. The molecule has 450 valence electrons. The number of unbranched alkanes of at least 4 members (excludes halogenated alkanes) is 22. The lowest BCUT2D eigenvalue weighted by Crippen LogP contribution is -2.61. The molecule has 6 atom stereocenters. The number of aliphatic carboxylic acids is 1. The van der Waals surface area contributed by atoms with Crippen LogP contribution in [0.2, 0.25) is 0 Å². The van der Waals surface area contributed by atoms with Gasteiger partial charge in [-0.25, -0.2) is 4.79 Å². The summed E-state index contributed by atoms with van der Waals surface area (Å²) in [7, 11) is 0. The van der Waals surface area contributed by atoms with E-state index in [1.165, 1.54) is 96.3 Å². The van der Waals surface area contributed by atoms with Crippen LogP contribution < -0.4 is 0 Å². The van der Waals surface area contributed by atoms with Crippen molar-refractivity contribution in [2.75, 3.05) is 13.2 Å². The third-order valence-corrected chi connectivity index (χ3v) is 13.7. The maximum absolute atomic E-state index is 13.1. The second kappa shape index (κ2) is 54.2. The zero-order valence-electron chi connectivity index (χ0n) is 49.6. The summed E-state index contributed by atoms with van der Waals surface area (Å²) in [5, 5.41) is 31.5. The summed E-state index contributed by atoms with van der Waals surface area (Å²) in [4.78, 5) is 51.2. The van der Waals surface area contributed by atoms with Gasteiger partial charge >= 0.3 is 23.9 Å². The van der Waals surface area contributed by atoms with E-state index in [9.17, 15) is 34.5 Å². The number of aliphatic hydroxyl groups excluding tert-OH is 2. The molecule has 3 N–H and O–H groups in total. The van der Waals surface area contributed by atoms with Crippen LogP contribution in [0, 0.1) is 0 Å². The number of hydrogen-bond acceptors (Lipinski definition) is 11. The average molecular weight is 1110 g/mol. The minimum Gasteiger partial charge on any atom is -0.479 e. The van der Waals surface area contributed by atoms with Gasteiger partial charge in [-0.3, -0.25) is 14.4 Å². The third-order valence-electron chi connectivity index (χ3n) is 13.7. The number of carbonyl (C=O) groups excluding carboxylic acids is 3. The first kappa shape index (κ1) is 72.7. The molecule has 0 radical (unpaired) electrons. The van der Waals surface area contributed by atoms with Crippen LogP contribution in [0.25, 0.3) is 0 Å². The molecule has 6 unspecified atom stereocenters. The highest BCUT2D eigenvalue weighted by Crippen LogP contribution is 2.26. The molecule has 0 spiro atoms. The highest BCUT2D eigenvalue weighted by molar-refractivity contribution is 5.74. The molecule has 1 heterocycles. The van der Waals surface area contributed by atoms with Gasteiger partial charge in [-0.15, -0.1) is 0 Å². The number of carboxylic acids is 1. The number of rotatable bonds is 52. The van der Waals surface area contributed by atoms with E-state index in [1.54, 1.807) is 0 Å². The van der Waals surface area contributed by atoms with E-state index in [-0.39, 0.29) is 25.9 Å². The van der Waals surface area contributed by atoms with E-state index in [0.717, 1.165) is 89.9 Å². The van der Waals surface area contributed by atoms with Crippen molar-refractivity contribution in [3.05, 3.63) is 97.2 Å². The highest BCUT2D eigenvalue weighted by atomic mass is 16.7. The number of hydrogen-bond donors (Lipinski definition) is 3. The molecule has 12 nitrogen and oxygen atoms in total. The normalized spacial score (nSPS) is 18.5. The summed E-state index contributed by atoms with van der Waals surface area (Å²) in [6, 6.07) is 0. The molecule has 1 rings (SSSR count). The maximum atomic E-state index is 13.1. The molecule has 0 amide bonds. The van der Waals surface area contributed by atoms with Crippen LogP contribution in [0.4, 0.5) is 0 Å². The summed E-state index contributed by atoms with van der Waals surface area (Å²) >= 11 is 0. The van der Waals surface area contributed by atoms with Crippen molar-refractivity contribution < 1.29 is 58.2 Å². The van der Waals surface area contributed by atoms with Crippen LogP contribution in [0.5, 0.6) is 0 Å². The maximum Gasteiger partial charge on any atom is 0.335 e. The third kappa shape index (κ3) is 44.0. The first-order valence-corrected chi connectivity index (χ1v) is 31.2. The number of esters is 3. The number of ether oxygens (including phenoxy) is 5. The van der Waals surface area contributed by atoms with Gasteiger partial charge in [-0.1, -0.05) is 246 Å². The predicted molar refractivity (Wildman–Crippen MR) is 321 cm³/mol. The molecular formula is C67H110O12. The molecular weight excluding hydrogens is 997 g/mol. The molecule has 12 heteroatoms. The lowest BCUT2D eigenvalue weighted by atomic mass is 9.98. The lowest BCUT2D eigenvalue weighted by Gasteiger charge is -2.40. The van der Waals surface area contributed by atoms with Gasteiger partial charge in [0.2, 0.25) is 0 Å². The Balaban J connectivity index is 2.69. The zero-order valence-corrected chi connectivity index (χ0v) is 49.6. The van der Waals surface area contributed by atoms with E-state index < -0.39 is 67.3 Å². The molecule has 0 bridgehead atoms. The van der Waals surface area contributed by atoms with Crippen molar-refractivity contribution in [1.82, 2.24) is 0 Å². The fourth-order valence-electron chi connectivity index (χ4n) is 8.96. The zero-order chi connectivity index (χ0) is 57.5. The van der Waals surface area contributed by atoms with Crippen molar-refractivity contribution >= 4 is 23.9 Å². The van der Waals surface area contributed by atoms with Crippen LogP contribution in [0.15, 0.2) is 97.2 Å². The van der Waals surface area contributed by atoms with Crippen LogP contribution in [0.1, 0.15) is 252 Å². The summed E-state index contributed by atoms with van der Waals surface area (Å²) in [5.41, 5.74) is 0. The standard InChI is InChI=1S/C67H110O12/c1-4-7-10-13-16-19-22-25-27-29-30-32-33-36-38-41-44-47-50-53-59(68)75-56-58(77-60(69)54-51-48-45-42-39-35-24-21-18-15-12-9-6-3)57-76-67-65(63(72)62(71)64(79-67)66(73)74)78-61(70)55-52-49-46-43-40-37-34-31-28-26-23-20-17-14-11-8-5-2/h8-9,11-12,17-18,20-21,26,28,34-35,37,39,45,48,58,62-65,67,71-72H,4-7,10,13-16,19,22-25,27,29-33,36,38,40-44,46-47,49-57H2,1-3H3,(H,73,74)/b11-8-,12-9-,20-17-,21-18-,28-26-,37-34-,39-35-,48-45-. The largest absolute Gasteiger partial charge is 0.479 e. The Morgan fingerprint density at radius 3 is 1.27 bits per heavy atom. The van der Waals surface area contributed by atoms with Crippen LogP contribution in [0.3, 0.4) is 0 Å². The summed E-state index contributed by atoms with van der Waals surface area (Å²) < 4.78 is 28.4. The Labute approximate surface area is 479 Å². The molecule has 0 aromatic carbocycles. The number of carboxylic acid groups (broad SMARTS) is 1. The van der Waals surface area contributed by atoms with Gasteiger partial charge in [0.25, 0.3) is 0 Å². The van der Waals surface area contributed by atoms with Crippen LogP contribution in [-0.4, -0.2) is 89.2 Å². The van der Waals surface area contributed by atoms with Gasteiger partial charge in [-0.2, -0.15) is 0 Å². The van der Waals surface area contributed by atoms with Gasteiger partial charge < -0.3 is 39.0 Å². The molecule has 1 saturated heterocycles. The SMILES string of the molecule is CC/C=C\C/C=C\C/C=C\C/C=C\CCCCCCC(=O)OC1C(OCC(COC(=O)CCCCCCCCCCCCCCCCCCCCC)OC(=O)CC/C=C\C/C=C\C/C=C\C/C=C\CC)OC(C(=O)O)C(O)C1O. The van der Waals surface area contributed by atoms with Gasteiger partial charge in [0, 0.05) is 19.3 Å². The highest BCUT2D eigenvalue weighted by Gasteiger charge is 2.50. The number of carbonyl (C=O) groups is 4. The Morgan fingerprint density at radius 1 is 0.430 bits per heavy atom. The van der Waals surface area contributed by atoms with Crippen molar-refractivity contribution in [2.24, 2.45) is 0 Å². The molecule has 0 aromatic rings. The van der Waals surface area contributed by atoms with E-state index in [0.29, 0.717) is 25.7 Å². The molecule has 0 saturated carbocycles. The Hall–Kier alpha value is -4.36. The minimum absolute atomic E-state index is 0.0212. The Kier molecular flexibility index (Phi) is 49.9. The van der Waals surface area contributed by atoms with Gasteiger partial charge in [0.05, 0.1) is 6.61 Å². The van der Waals surface area contributed by atoms with Gasteiger partial charge in [-0.05, 0) is 83.5 Å². The van der Waals surface area contributed by atoms with Crippen molar-refractivity contribution in [1.29, 1.82) is 0 Å². The van der Waals surface area contributed by atoms with E-state index >= 15 is 0 Å². The molecule has 79 heavy (non-hydrogen) atoms. The van der Waals surface area contributed by atoms with Gasteiger partial charge in [0.15, 0.2) is 24.6 Å². The summed E-state index contributed by atoms with van der Waals surface area (Å²) in [6.07, 6.45) is 59.7. The second-order valence-electron chi connectivity index (χ2n) is 20.9. The molecule has 1 fully saturated rings. The summed E-state index contributed by atoms with van der Waals surface area (Å²) in [5.74, 6) is -3.26. The van der Waals surface area contributed by atoms with Crippen LogP contribution in [-0.2, 0) is 42.9 Å². The van der Waals surface area contributed by atoms with Crippen molar-refractivity contribution in [3.8, 4) is 0 Å². The topological polar surface area (TPSA) is 175 Å². The first-order valence-electron chi connectivity index (χ1n) is 31.2. The van der Waals surface area contributed by atoms with E-state index in [2.05, 4.69) is 106 Å². The molecule has 0 aromatic heterocycles. The van der Waals surface area contributed by atoms with Gasteiger partial charge in [0.1, 0.15) is 18.8 Å². The van der Waals surface area contributed by atoms with Crippen molar-refractivity contribution in [3.63, 3.8) is 0 Å². The average Bonchev–Trinajstić information content (AvgIpc) is 3.46. The predicted octanol–water partition coefficient (Wildman–Crippen LogP) is 16.5. The fraction of sp³-hybridized carbons (Fsp3) is 0.701. The van der Waals surface area contributed by atoms with Crippen LogP contribution >= 0.6 is 0 Å².